The van der Waals surface area contributed by atoms with Crippen LogP contribution >= 0.6 is 0 Å². The molecule has 6 heteroatoms. The Morgan fingerprint density at radius 2 is 1.90 bits per heavy atom. The molecule has 0 bridgehead atoms. The van der Waals surface area contributed by atoms with Gasteiger partial charge in [0.05, 0.1) is 6.61 Å². The number of hydrogen-bond donors (Lipinski definition) is 3. The molecule has 2 rings (SSSR count). The number of amidine groups is 1. The highest BCUT2D eigenvalue weighted by molar-refractivity contribution is 5.98. The summed E-state index contributed by atoms with van der Waals surface area (Å²) in [4.78, 5) is 0. The Hall–Kier alpha value is -2.60. The van der Waals surface area contributed by atoms with Gasteiger partial charge in [0.25, 0.3) is 0 Å². The number of rotatable bonds is 5. The molecule has 0 aromatic heterocycles. The van der Waals surface area contributed by atoms with Crippen molar-refractivity contribution in [1.29, 1.82) is 0 Å². The van der Waals surface area contributed by atoms with Crippen LogP contribution in [0.25, 0.3) is 0 Å². The fourth-order valence-corrected chi connectivity index (χ4v) is 1.82. The van der Waals surface area contributed by atoms with Crippen molar-refractivity contribution >= 4 is 5.84 Å². The Morgan fingerprint density at radius 3 is 2.52 bits per heavy atom. The van der Waals surface area contributed by atoms with Crippen LogP contribution < -0.4 is 10.5 Å². The molecule has 110 valence electrons. The smallest absolute Gasteiger partial charge is 0.170 e. The quantitative estimate of drug-likeness (QED) is 0.340. The SMILES string of the molecule is NC(=NO)c1cc(F)ccc1COc1ccc(CO)cc1. The van der Waals surface area contributed by atoms with Crippen molar-refractivity contribution in [2.24, 2.45) is 10.9 Å². The molecule has 0 unspecified atom stereocenters. The summed E-state index contributed by atoms with van der Waals surface area (Å²) in [6, 6.07) is 10.9. The molecule has 0 aliphatic carbocycles. The molecule has 21 heavy (non-hydrogen) atoms. The molecule has 0 saturated carbocycles. The molecule has 0 spiro atoms. The van der Waals surface area contributed by atoms with Crippen LogP contribution in [0.1, 0.15) is 16.7 Å². The maximum atomic E-state index is 13.2. The van der Waals surface area contributed by atoms with E-state index < -0.39 is 5.82 Å². The molecule has 0 amide bonds. The first kappa shape index (κ1) is 14.8. The number of aliphatic hydroxyl groups is 1. The molecular formula is C15H15FN2O3. The zero-order valence-electron chi connectivity index (χ0n) is 11.2. The summed E-state index contributed by atoms with van der Waals surface area (Å²) in [5.74, 6) is -0.0571. The van der Waals surface area contributed by atoms with Crippen LogP contribution in [0.3, 0.4) is 0 Å². The van der Waals surface area contributed by atoms with Gasteiger partial charge in [0.15, 0.2) is 5.84 Å². The number of benzene rings is 2. The minimum atomic E-state index is -0.479. The number of aliphatic hydroxyl groups excluding tert-OH is 1. The monoisotopic (exact) mass is 290 g/mol. The molecule has 2 aromatic carbocycles. The predicted molar refractivity (Wildman–Crippen MR) is 75.6 cm³/mol. The van der Waals surface area contributed by atoms with E-state index in [0.29, 0.717) is 11.3 Å². The van der Waals surface area contributed by atoms with Crippen molar-refractivity contribution in [2.75, 3.05) is 0 Å². The van der Waals surface area contributed by atoms with E-state index in [2.05, 4.69) is 5.16 Å². The van der Waals surface area contributed by atoms with Crippen molar-refractivity contribution in [3.63, 3.8) is 0 Å². The second-order valence-corrected chi connectivity index (χ2v) is 4.38. The summed E-state index contributed by atoms with van der Waals surface area (Å²) >= 11 is 0. The summed E-state index contributed by atoms with van der Waals surface area (Å²) in [5.41, 5.74) is 7.18. The van der Waals surface area contributed by atoms with Gasteiger partial charge in [-0.25, -0.2) is 4.39 Å². The number of ether oxygens (including phenoxy) is 1. The highest BCUT2D eigenvalue weighted by Crippen LogP contribution is 2.17. The molecule has 4 N–H and O–H groups in total. The first-order valence-corrected chi connectivity index (χ1v) is 6.23. The number of hydrogen-bond acceptors (Lipinski definition) is 4. The van der Waals surface area contributed by atoms with Gasteiger partial charge in [0.2, 0.25) is 0 Å². The first-order chi connectivity index (χ1) is 10.1. The van der Waals surface area contributed by atoms with Gasteiger partial charge < -0.3 is 20.8 Å². The van der Waals surface area contributed by atoms with E-state index in [4.69, 9.17) is 20.8 Å². The van der Waals surface area contributed by atoms with E-state index in [1.807, 2.05) is 0 Å². The number of oxime groups is 1. The summed E-state index contributed by atoms with van der Waals surface area (Å²) in [5, 5.41) is 20.6. The Balaban J connectivity index is 2.15. The lowest BCUT2D eigenvalue weighted by Crippen LogP contribution is -2.16. The van der Waals surface area contributed by atoms with Crippen molar-refractivity contribution in [3.05, 3.63) is 65.0 Å². The molecule has 0 atom stereocenters. The fraction of sp³-hybridized carbons (Fsp3) is 0.133. The first-order valence-electron chi connectivity index (χ1n) is 6.23. The molecule has 0 radical (unpaired) electrons. The van der Waals surface area contributed by atoms with Gasteiger partial charge in [-0.05, 0) is 29.8 Å². The molecule has 0 aliphatic rings. The number of nitrogens with two attached hydrogens (primary N) is 1. The van der Waals surface area contributed by atoms with Crippen molar-refractivity contribution < 1.29 is 19.4 Å². The molecular weight excluding hydrogens is 275 g/mol. The third-order valence-electron chi connectivity index (χ3n) is 2.96. The summed E-state index contributed by atoms with van der Waals surface area (Å²) in [7, 11) is 0. The molecule has 2 aromatic rings. The van der Waals surface area contributed by atoms with Crippen LogP contribution in [0.4, 0.5) is 4.39 Å². The summed E-state index contributed by atoms with van der Waals surface area (Å²) < 4.78 is 18.8. The van der Waals surface area contributed by atoms with Crippen LogP contribution in [0.5, 0.6) is 5.75 Å². The molecule has 0 fully saturated rings. The van der Waals surface area contributed by atoms with Crippen LogP contribution in [0.15, 0.2) is 47.6 Å². The third kappa shape index (κ3) is 3.70. The Kier molecular flexibility index (Phi) is 4.73. The summed E-state index contributed by atoms with van der Waals surface area (Å²) in [6.45, 7) is 0.107. The minimum Gasteiger partial charge on any atom is -0.489 e. The second-order valence-electron chi connectivity index (χ2n) is 4.38. The van der Waals surface area contributed by atoms with E-state index in [9.17, 15) is 4.39 Å². The lowest BCUT2D eigenvalue weighted by atomic mass is 10.1. The molecule has 5 nitrogen and oxygen atoms in total. The van der Waals surface area contributed by atoms with E-state index in [-0.39, 0.29) is 24.6 Å². The van der Waals surface area contributed by atoms with Gasteiger partial charge in [0, 0.05) is 11.1 Å². The van der Waals surface area contributed by atoms with Gasteiger partial charge in [-0.3, -0.25) is 0 Å². The molecule has 0 aliphatic heterocycles. The predicted octanol–water partition coefficient (Wildman–Crippen LogP) is 1.99. The zero-order chi connectivity index (χ0) is 15.2. The second kappa shape index (κ2) is 6.71. The maximum Gasteiger partial charge on any atom is 0.170 e. The molecule has 0 saturated heterocycles. The Morgan fingerprint density at radius 1 is 1.19 bits per heavy atom. The standard InChI is InChI=1S/C15H15FN2O3/c16-12-4-3-11(14(7-12)15(17)18-20)9-21-13-5-1-10(8-19)2-6-13/h1-7,19-20H,8-9H2,(H2,17,18). The van der Waals surface area contributed by atoms with Crippen LogP contribution in [-0.4, -0.2) is 16.1 Å². The van der Waals surface area contributed by atoms with Crippen molar-refractivity contribution in [2.45, 2.75) is 13.2 Å². The average molecular weight is 290 g/mol. The highest BCUT2D eigenvalue weighted by atomic mass is 19.1. The lowest BCUT2D eigenvalue weighted by molar-refractivity contribution is 0.280. The average Bonchev–Trinajstić information content (AvgIpc) is 2.53. The minimum absolute atomic E-state index is 0.0358. The van der Waals surface area contributed by atoms with Gasteiger partial charge in [0.1, 0.15) is 18.2 Å². The van der Waals surface area contributed by atoms with Gasteiger partial charge in [-0.1, -0.05) is 23.4 Å². The van der Waals surface area contributed by atoms with Crippen LogP contribution in [-0.2, 0) is 13.2 Å². The molecule has 0 heterocycles. The normalized spacial score (nSPS) is 11.4. The number of halogens is 1. The van der Waals surface area contributed by atoms with Crippen molar-refractivity contribution in [3.8, 4) is 5.75 Å². The number of nitrogens with zero attached hydrogens (tertiary/aromatic N) is 1. The van der Waals surface area contributed by atoms with E-state index >= 15 is 0 Å². The fourth-order valence-electron chi connectivity index (χ4n) is 1.82. The Labute approximate surface area is 121 Å². The van der Waals surface area contributed by atoms with E-state index in [0.717, 1.165) is 5.56 Å². The lowest BCUT2D eigenvalue weighted by Gasteiger charge is -2.11. The van der Waals surface area contributed by atoms with Gasteiger partial charge >= 0.3 is 0 Å². The zero-order valence-corrected chi connectivity index (χ0v) is 11.2. The van der Waals surface area contributed by atoms with Crippen LogP contribution in [0.2, 0.25) is 0 Å². The third-order valence-corrected chi connectivity index (χ3v) is 2.96. The Bertz CT molecular complexity index is 642. The largest absolute Gasteiger partial charge is 0.489 e. The van der Waals surface area contributed by atoms with Gasteiger partial charge in [-0.2, -0.15) is 0 Å². The van der Waals surface area contributed by atoms with Crippen molar-refractivity contribution in [1.82, 2.24) is 0 Å². The maximum absolute atomic E-state index is 13.2. The topological polar surface area (TPSA) is 88.1 Å². The van der Waals surface area contributed by atoms with E-state index in [1.54, 1.807) is 24.3 Å². The highest BCUT2D eigenvalue weighted by Gasteiger charge is 2.09. The van der Waals surface area contributed by atoms with Crippen LogP contribution in [0, 0.1) is 5.82 Å². The van der Waals surface area contributed by atoms with Gasteiger partial charge in [-0.15, -0.1) is 0 Å². The summed E-state index contributed by atoms with van der Waals surface area (Å²) in [6.07, 6.45) is 0. The van der Waals surface area contributed by atoms with E-state index in [1.165, 1.54) is 18.2 Å².